The predicted molar refractivity (Wildman–Crippen MR) is 119 cm³/mol. The van der Waals surface area contributed by atoms with Crippen LogP contribution in [0, 0.1) is 6.92 Å². The maximum absolute atomic E-state index is 13.2. The third-order valence-corrected chi connectivity index (χ3v) is 6.04. The maximum atomic E-state index is 13.2. The molecule has 162 valence electrons. The normalized spacial score (nSPS) is 13.8. The van der Waals surface area contributed by atoms with Crippen molar-refractivity contribution >= 4 is 0 Å². The van der Waals surface area contributed by atoms with Crippen molar-refractivity contribution in [2.75, 3.05) is 6.54 Å². The highest BCUT2D eigenvalue weighted by Crippen LogP contribution is 2.20. The fourth-order valence-corrected chi connectivity index (χ4v) is 4.20. The molecule has 1 N–H and O–H groups in total. The number of para-hydroxylation sites is 1. The van der Waals surface area contributed by atoms with Gasteiger partial charge in [-0.25, -0.2) is 19.6 Å². The number of H-pyrrole nitrogens is 1. The molecule has 0 radical (unpaired) electrons. The molecule has 0 atom stereocenters. The van der Waals surface area contributed by atoms with Gasteiger partial charge in [0.15, 0.2) is 0 Å². The van der Waals surface area contributed by atoms with Crippen LogP contribution in [-0.4, -0.2) is 40.7 Å². The Kier molecular flexibility index (Phi) is 5.02. The van der Waals surface area contributed by atoms with Gasteiger partial charge >= 0.3 is 0 Å². The molecule has 0 aliphatic carbocycles. The Morgan fingerprint density at radius 1 is 1.09 bits per heavy atom. The van der Waals surface area contributed by atoms with Crippen LogP contribution in [-0.2, 0) is 26.6 Å². The third-order valence-electron chi connectivity index (χ3n) is 6.04. The van der Waals surface area contributed by atoms with Gasteiger partial charge in [-0.3, -0.25) is 19.2 Å². The summed E-state index contributed by atoms with van der Waals surface area (Å²) in [7, 11) is 1.89. The van der Waals surface area contributed by atoms with Crippen LogP contribution in [0.15, 0.2) is 58.6 Å². The lowest BCUT2D eigenvalue weighted by Gasteiger charge is -2.27. The number of rotatable bonds is 4. The summed E-state index contributed by atoms with van der Waals surface area (Å²) in [4.78, 5) is 43.6. The van der Waals surface area contributed by atoms with Crippen molar-refractivity contribution in [3.05, 3.63) is 92.3 Å². The highest BCUT2D eigenvalue weighted by molar-refractivity contribution is 5.52. The Labute approximate surface area is 184 Å². The average Bonchev–Trinajstić information content (AvgIpc) is 3.03. The number of aromatic nitrogens is 6. The molecule has 5 rings (SSSR count). The Hall–Kier alpha value is -3.85. The second-order valence-electron chi connectivity index (χ2n) is 7.97. The van der Waals surface area contributed by atoms with Crippen molar-refractivity contribution in [3.63, 3.8) is 0 Å². The molecular weight excluding hydrogens is 406 g/mol. The zero-order chi connectivity index (χ0) is 22.2. The summed E-state index contributed by atoms with van der Waals surface area (Å²) >= 11 is 0. The van der Waals surface area contributed by atoms with Gasteiger partial charge in [-0.2, -0.15) is 0 Å². The molecule has 9 heteroatoms. The summed E-state index contributed by atoms with van der Waals surface area (Å²) in [5.74, 6) is 0.479. The minimum atomic E-state index is -0.162. The molecule has 0 bridgehead atoms. The number of fused-ring (bicyclic) bond motifs is 1. The molecule has 32 heavy (non-hydrogen) atoms. The molecule has 4 aromatic rings. The van der Waals surface area contributed by atoms with E-state index in [0.717, 1.165) is 22.6 Å². The van der Waals surface area contributed by atoms with Crippen LogP contribution in [0.2, 0.25) is 0 Å². The Bertz CT molecular complexity index is 1390. The van der Waals surface area contributed by atoms with Crippen molar-refractivity contribution < 1.29 is 0 Å². The maximum Gasteiger partial charge on any atom is 0.276 e. The van der Waals surface area contributed by atoms with Gasteiger partial charge in [-0.1, -0.05) is 18.2 Å². The zero-order valence-corrected chi connectivity index (χ0v) is 17.9. The molecule has 0 amide bonds. The Balaban J connectivity index is 1.43. The molecule has 3 aromatic heterocycles. The molecule has 0 fully saturated rings. The largest absolute Gasteiger partial charge is 0.306 e. The molecule has 0 unspecified atom stereocenters. The second kappa shape index (κ2) is 8.01. The van der Waals surface area contributed by atoms with Gasteiger partial charge in [-0.15, -0.1) is 0 Å². The van der Waals surface area contributed by atoms with Gasteiger partial charge in [0.1, 0.15) is 12.2 Å². The average molecular weight is 429 g/mol. The number of hydrogen-bond donors (Lipinski definition) is 1. The molecule has 1 aliphatic rings. The van der Waals surface area contributed by atoms with Crippen LogP contribution < -0.4 is 11.1 Å². The van der Waals surface area contributed by atoms with Crippen LogP contribution in [0.4, 0.5) is 0 Å². The van der Waals surface area contributed by atoms with Crippen molar-refractivity contribution in [1.82, 2.24) is 34.2 Å². The molecule has 0 saturated carbocycles. The second-order valence-corrected chi connectivity index (χ2v) is 7.97. The van der Waals surface area contributed by atoms with Crippen molar-refractivity contribution in [2.24, 2.45) is 7.05 Å². The molecule has 0 spiro atoms. The Morgan fingerprint density at radius 3 is 2.59 bits per heavy atom. The standard InChI is InChI=1S/C23H23N7O2/c1-15-18(23(32)30(28(15)2)17-6-4-3-5-7-17)12-29-9-8-20-19(13-29)22(31)27-21(26-20)16-10-24-14-25-11-16/h3-7,10-11,14H,8-9,12-13H2,1-2H3,(H,26,27,31). The monoisotopic (exact) mass is 429 g/mol. The minimum Gasteiger partial charge on any atom is -0.306 e. The van der Waals surface area contributed by atoms with E-state index in [1.807, 2.05) is 49.0 Å². The Morgan fingerprint density at radius 2 is 1.84 bits per heavy atom. The van der Waals surface area contributed by atoms with Gasteiger partial charge in [0, 0.05) is 51.2 Å². The molecular formula is C23H23N7O2. The topological polar surface area (TPSA) is 102 Å². The van der Waals surface area contributed by atoms with E-state index in [9.17, 15) is 9.59 Å². The van der Waals surface area contributed by atoms with E-state index >= 15 is 0 Å². The van der Waals surface area contributed by atoms with Crippen LogP contribution in [0.5, 0.6) is 0 Å². The lowest BCUT2D eigenvalue weighted by atomic mass is 10.1. The zero-order valence-electron chi connectivity index (χ0n) is 17.9. The van der Waals surface area contributed by atoms with Gasteiger partial charge in [0.25, 0.3) is 11.1 Å². The smallest absolute Gasteiger partial charge is 0.276 e. The molecule has 1 aromatic carbocycles. The summed E-state index contributed by atoms with van der Waals surface area (Å²) < 4.78 is 3.57. The van der Waals surface area contributed by atoms with Gasteiger partial charge in [0.2, 0.25) is 0 Å². The van der Waals surface area contributed by atoms with E-state index in [1.165, 1.54) is 6.33 Å². The van der Waals surface area contributed by atoms with Crippen molar-refractivity contribution in [3.8, 4) is 17.1 Å². The van der Waals surface area contributed by atoms with Crippen LogP contribution in [0.3, 0.4) is 0 Å². The summed E-state index contributed by atoms with van der Waals surface area (Å²) in [6.45, 7) is 3.60. The first kappa shape index (κ1) is 20.1. The van der Waals surface area contributed by atoms with E-state index in [-0.39, 0.29) is 11.1 Å². The number of hydrogen-bond acceptors (Lipinski definition) is 6. The number of nitrogens with one attached hydrogen (secondary N) is 1. The van der Waals surface area contributed by atoms with Crippen LogP contribution in [0.1, 0.15) is 22.5 Å². The van der Waals surface area contributed by atoms with Gasteiger partial charge < -0.3 is 4.98 Å². The lowest BCUT2D eigenvalue weighted by Crippen LogP contribution is -2.36. The highest BCUT2D eigenvalue weighted by Gasteiger charge is 2.24. The number of nitrogens with zero attached hydrogens (tertiary/aromatic N) is 6. The molecule has 4 heterocycles. The van der Waals surface area contributed by atoms with Crippen LogP contribution in [0.25, 0.3) is 17.1 Å². The van der Waals surface area contributed by atoms with Crippen molar-refractivity contribution in [1.29, 1.82) is 0 Å². The first-order valence-corrected chi connectivity index (χ1v) is 10.5. The summed E-state index contributed by atoms with van der Waals surface area (Å²) in [5, 5.41) is 0. The molecule has 9 nitrogen and oxygen atoms in total. The van der Waals surface area contributed by atoms with Crippen LogP contribution >= 0.6 is 0 Å². The van der Waals surface area contributed by atoms with Gasteiger partial charge in [-0.05, 0) is 19.1 Å². The number of aromatic amines is 1. The lowest BCUT2D eigenvalue weighted by molar-refractivity contribution is 0.240. The van der Waals surface area contributed by atoms with E-state index in [0.29, 0.717) is 43.0 Å². The van der Waals surface area contributed by atoms with E-state index < -0.39 is 0 Å². The summed E-state index contributed by atoms with van der Waals surface area (Å²) in [6, 6.07) is 9.60. The SMILES string of the molecule is Cc1c(CN2CCc3nc(-c4cncnc4)[nH]c(=O)c3C2)c(=O)n(-c2ccccc2)n1C. The van der Waals surface area contributed by atoms with Gasteiger partial charge in [0.05, 0.1) is 28.1 Å². The number of benzene rings is 1. The quantitative estimate of drug-likeness (QED) is 0.529. The molecule has 0 saturated heterocycles. The van der Waals surface area contributed by atoms with E-state index in [4.69, 9.17) is 0 Å². The highest BCUT2D eigenvalue weighted by atomic mass is 16.1. The third kappa shape index (κ3) is 3.46. The summed E-state index contributed by atoms with van der Waals surface area (Å²) in [5.41, 5.74) is 4.40. The fraction of sp³-hybridized carbons (Fsp3) is 0.261. The molecule has 1 aliphatic heterocycles. The van der Waals surface area contributed by atoms with E-state index in [1.54, 1.807) is 17.1 Å². The first-order valence-electron chi connectivity index (χ1n) is 10.5. The summed E-state index contributed by atoms with van der Waals surface area (Å²) in [6.07, 6.45) is 5.33. The predicted octanol–water partition coefficient (Wildman–Crippen LogP) is 1.58. The fourth-order valence-electron chi connectivity index (χ4n) is 4.20. The van der Waals surface area contributed by atoms with Crippen molar-refractivity contribution in [2.45, 2.75) is 26.4 Å². The van der Waals surface area contributed by atoms with E-state index in [2.05, 4.69) is 24.8 Å². The first-order chi connectivity index (χ1) is 15.5. The minimum absolute atomic E-state index is 0.0338.